The van der Waals surface area contributed by atoms with Crippen LogP contribution < -0.4 is 29.6 Å². The molecule has 194 valence electrons. The summed E-state index contributed by atoms with van der Waals surface area (Å²) in [5.74, 6) is -0.653. The summed E-state index contributed by atoms with van der Waals surface area (Å²) in [5, 5.41) is 8.52. The van der Waals surface area contributed by atoms with Gasteiger partial charge in [0, 0.05) is 6.42 Å². The molecular formula is C30H61NaO2. The molecule has 0 bridgehead atoms. The quantitative estimate of drug-likeness (QED) is 0.0821. The molecule has 0 aromatic carbocycles. The topological polar surface area (TPSA) is 37.3 Å². The van der Waals surface area contributed by atoms with Crippen LogP contribution in [0.1, 0.15) is 181 Å². The number of hydrogen-bond acceptors (Lipinski definition) is 1. The zero-order chi connectivity index (χ0) is 24.0. The Morgan fingerprint density at radius 2 is 0.727 bits per heavy atom. The normalized spacial score (nSPS) is 10.4. The van der Waals surface area contributed by atoms with Gasteiger partial charge in [-0.1, -0.05) is 162 Å². The first kappa shape index (κ1) is 38.0. The van der Waals surface area contributed by atoms with Gasteiger partial charge in [0.2, 0.25) is 0 Å². The van der Waals surface area contributed by atoms with Crippen LogP contribution in [0.15, 0.2) is 0 Å². The number of carboxylic acid groups (broad SMARTS) is 1. The van der Waals surface area contributed by atoms with E-state index in [1.807, 2.05) is 0 Å². The van der Waals surface area contributed by atoms with Crippen molar-refractivity contribution >= 4 is 5.97 Å². The summed E-state index contributed by atoms with van der Waals surface area (Å²) in [6.07, 6.45) is 34.1. The summed E-state index contributed by atoms with van der Waals surface area (Å²) >= 11 is 0. The molecule has 33 heavy (non-hydrogen) atoms. The molecule has 0 aliphatic carbocycles. The molecule has 0 aliphatic rings. The Kier molecular flexibility index (Phi) is 42.6. The molecule has 0 spiro atoms. The van der Waals surface area contributed by atoms with E-state index >= 15 is 0 Å². The first-order valence-corrected chi connectivity index (χ1v) is 14.7. The van der Waals surface area contributed by atoms with E-state index in [1.54, 1.807) is 0 Å². The molecule has 0 fully saturated rings. The third-order valence-electron chi connectivity index (χ3n) is 6.35. The van der Waals surface area contributed by atoms with Crippen molar-refractivity contribution in [2.45, 2.75) is 181 Å². The number of hydrogen-bond donors (Lipinski definition) is 1. The molecule has 0 unspecified atom stereocenters. The van der Waals surface area contributed by atoms with Crippen molar-refractivity contribution in [3.63, 3.8) is 0 Å². The van der Waals surface area contributed by atoms with Crippen molar-refractivity contribution in [2.75, 3.05) is 0 Å². The van der Waals surface area contributed by atoms with E-state index in [-0.39, 0.29) is 29.6 Å². The van der Waals surface area contributed by atoms with Crippen LogP contribution in [0.2, 0.25) is 0 Å². The second-order valence-corrected chi connectivity index (χ2v) is 9.78. The van der Waals surface area contributed by atoms with Gasteiger partial charge in [0.1, 0.15) is 0 Å². The van der Waals surface area contributed by atoms with E-state index in [0.29, 0.717) is 6.42 Å². The summed E-state index contributed by atoms with van der Waals surface area (Å²) < 4.78 is 0. The molecule has 2 nitrogen and oxygen atoms in total. The predicted octanol–water partition coefficient (Wildman–Crippen LogP) is 8.08. The second kappa shape index (κ2) is 37.0. The Labute approximate surface area is 232 Å². The van der Waals surface area contributed by atoms with E-state index in [9.17, 15) is 4.79 Å². The smallest absolute Gasteiger partial charge is 0.481 e. The van der Waals surface area contributed by atoms with Crippen molar-refractivity contribution in [1.82, 2.24) is 0 Å². The van der Waals surface area contributed by atoms with Crippen LogP contribution in [0, 0.1) is 6.92 Å². The van der Waals surface area contributed by atoms with Crippen LogP contribution in [0.4, 0.5) is 0 Å². The maximum absolute atomic E-state index is 10.3. The number of carbonyl (C=O) groups is 1. The number of unbranched alkanes of at least 4 members (excludes halogenated alkanes) is 23. The third-order valence-corrected chi connectivity index (χ3v) is 6.35. The van der Waals surface area contributed by atoms with Gasteiger partial charge in [-0.15, -0.1) is 0 Å². The zero-order valence-corrected chi connectivity index (χ0v) is 25.4. The average Bonchev–Trinajstić information content (AvgIpc) is 2.78. The Hall–Kier alpha value is 0.470. The van der Waals surface area contributed by atoms with Crippen molar-refractivity contribution in [3.8, 4) is 0 Å². The van der Waals surface area contributed by atoms with Crippen LogP contribution in [-0.4, -0.2) is 11.1 Å². The molecule has 0 atom stereocenters. The van der Waals surface area contributed by atoms with E-state index < -0.39 is 5.97 Å². The Morgan fingerprint density at radius 3 is 0.970 bits per heavy atom. The molecule has 0 aliphatic heterocycles. The Bertz CT molecular complexity index is 323. The summed E-state index contributed by atoms with van der Waals surface area (Å²) in [6.45, 7) is 8.39. The molecule has 1 N–H and O–H groups in total. The molecule has 0 heterocycles. The van der Waals surface area contributed by atoms with E-state index in [2.05, 4.69) is 20.8 Å². The van der Waals surface area contributed by atoms with E-state index in [1.165, 1.54) is 141 Å². The number of carboxylic acids is 1. The SMILES string of the molecule is CCCCCCCCCCCCCCCCCC(=O)O.[CH2-]CCCCCCCCCCC.[Na+]. The maximum Gasteiger partial charge on any atom is 1.00 e. The van der Waals surface area contributed by atoms with Crippen LogP contribution >= 0.6 is 0 Å². The molecule has 0 saturated carbocycles. The van der Waals surface area contributed by atoms with Crippen LogP contribution in [0.3, 0.4) is 0 Å². The van der Waals surface area contributed by atoms with Crippen LogP contribution in [0.25, 0.3) is 0 Å². The van der Waals surface area contributed by atoms with Crippen molar-refractivity contribution in [3.05, 3.63) is 6.92 Å². The monoisotopic (exact) mass is 476 g/mol. The van der Waals surface area contributed by atoms with Gasteiger partial charge < -0.3 is 12.0 Å². The first-order valence-electron chi connectivity index (χ1n) is 14.7. The third kappa shape index (κ3) is 43.0. The first-order chi connectivity index (χ1) is 15.7. The van der Waals surface area contributed by atoms with Gasteiger partial charge in [0.15, 0.2) is 0 Å². The van der Waals surface area contributed by atoms with Gasteiger partial charge >= 0.3 is 35.5 Å². The fourth-order valence-electron chi connectivity index (χ4n) is 4.13. The fraction of sp³-hybridized carbons (Fsp3) is 0.933. The molecule has 3 heteroatoms. The van der Waals surface area contributed by atoms with Crippen molar-refractivity contribution < 1.29 is 39.5 Å². The summed E-state index contributed by atoms with van der Waals surface area (Å²) in [5.41, 5.74) is 0. The maximum atomic E-state index is 10.3. The minimum atomic E-state index is -0.653. The van der Waals surface area contributed by atoms with E-state index in [4.69, 9.17) is 5.11 Å². The van der Waals surface area contributed by atoms with Gasteiger partial charge in [0.25, 0.3) is 0 Å². The van der Waals surface area contributed by atoms with E-state index in [0.717, 1.165) is 19.3 Å². The summed E-state index contributed by atoms with van der Waals surface area (Å²) in [6, 6.07) is 0. The summed E-state index contributed by atoms with van der Waals surface area (Å²) in [4.78, 5) is 10.3. The van der Waals surface area contributed by atoms with Gasteiger partial charge in [-0.3, -0.25) is 4.79 Å². The summed E-state index contributed by atoms with van der Waals surface area (Å²) in [7, 11) is 0. The van der Waals surface area contributed by atoms with Gasteiger partial charge in [-0.25, -0.2) is 0 Å². The molecule has 0 rings (SSSR count). The van der Waals surface area contributed by atoms with Crippen molar-refractivity contribution in [2.24, 2.45) is 0 Å². The minimum absolute atomic E-state index is 0. The van der Waals surface area contributed by atoms with Gasteiger partial charge in [-0.05, 0) is 6.42 Å². The van der Waals surface area contributed by atoms with Gasteiger partial charge in [-0.2, -0.15) is 6.42 Å². The largest absolute Gasteiger partial charge is 1.00 e. The molecule has 0 radical (unpaired) electrons. The second-order valence-electron chi connectivity index (χ2n) is 9.78. The molecule has 0 aromatic rings. The number of rotatable bonds is 25. The van der Waals surface area contributed by atoms with Gasteiger partial charge in [0.05, 0.1) is 0 Å². The molecule has 0 saturated heterocycles. The molecular weight excluding hydrogens is 415 g/mol. The molecule has 0 amide bonds. The number of aliphatic carboxylic acids is 1. The minimum Gasteiger partial charge on any atom is -0.481 e. The zero-order valence-electron chi connectivity index (χ0n) is 23.4. The Balaban J connectivity index is -0.000000596. The Morgan fingerprint density at radius 1 is 0.485 bits per heavy atom. The average molecular weight is 477 g/mol. The fourth-order valence-corrected chi connectivity index (χ4v) is 4.13. The molecule has 0 aromatic heterocycles. The van der Waals surface area contributed by atoms with Crippen LogP contribution in [0.5, 0.6) is 0 Å². The predicted molar refractivity (Wildman–Crippen MR) is 144 cm³/mol. The van der Waals surface area contributed by atoms with Crippen LogP contribution in [-0.2, 0) is 4.79 Å². The van der Waals surface area contributed by atoms with Crippen molar-refractivity contribution in [1.29, 1.82) is 0 Å². The standard InChI is InChI=1S/C18H36O2.C12H25.Na/c1-2-3-4-5-6-7-8-9-10-11-12-13-14-15-16-17-18(19)20;1-3-5-7-9-11-12-10-8-6-4-2;/h2-17H2,1H3,(H,19,20);1,3-12H2,2H3;/q;-1;+1.